The van der Waals surface area contributed by atoms with Crippen molar-refractivity contribution in [3.05, 3.63) is 11.6 Å². The third-order valence-corrected chi connectivity index (χ3v) is 2.06. The largest absolute Gasteiger partial charge is 0.310 e. The van der Waals surface area contributed by atoms with E-state index in [0.717, 1.165) is 11.6 Å². The summed E-state index contributed by atoms with van der Waals surface area (Å²) in [6.07, 6.45) is 2.44. The molecule has 2 rings (SSSR count). The minimum absolute atomic E-state index is 0.345. The van der Waals surface area contributed by atoms with Gasteiger partial charge < -0.3 is 4.57 Å². The monoisotopic (exact) mass is 168 g/mol. The molecule has 1 fully saturated rings. The lowest BCUT2D eigenvalue weighted by molar-refractivity contribution is 0.115. The zero-order valence-corrected chi connectivity index (χ0v) is 7.03. The van der Waals surface area contributed by atoms with Gasteiger partial charge in [0, 0.05) is 6.04 Å². The molecule has 5 heteroatoms. The molecular weight excluding hydrogens is 156 g/mol. The molecule has 1 aromatic heterocycles. The molecule has 12 heavy (non-hydrogen) atoms. The third-order valence-electron chi connectivity index (χ3n) is 2.06. The molecule has 1 heterocycles. The Balaban J connectivity index is 2.27. The number of nitrogens with zero attached hydrogens (tertiary/aromatic N) is 3. The summed E-state index contributed by atoms with van der Waals surface area (Å²) in [5.41, 5.74) is 0. The molecule has 1 aliphatic carbocycles. The molecule has 2 N–H and O–H groups in total. The van der Waals surface area contributed by atoms with Crippen molar-refractivity contribution in [3.63, 3.8) is 0 Å². The summed E-state index contributed by atoms with van der Waals surface area (Å²) >= 11 is 0. The normalized spacial score (nSPS) is 16.8. The number of hydrogen-bond acceptors (Lipinski definition) is 4. The zero-order chi connectivity index (χ0) is 8.55. The minimum Gasteiger partial charge on any atom is -0.310 e. The van der Waals surface area contributed by atoms with Gasteiger partial charge >= 0.3 is 0 Å². The Bertz CT molecular complexity index is 279. The van der Waals surface area contributed by atoms with E-state index in [9.17, 15) is 0 Å². The van der Waals surface area contributed by atoms with E-state index < -0.39 is 0 Å². The average molecular weight is 168 g/mol. The number of aryl methyl sites for hydroxylation is 1. The highest BCUT2D eigenvalue weighted by molar-refractivity contribution is 5.00. The first kappa shape index (κ1) is 7.70. The highest BCUT2D eigenvalue weighted by Crippen LogP contribution is 2.36. The molecule has 1 saturated carbocycles. The van der Waals surface area contributed by atoms with Gasteiger partial charge in [-0.2, -0.15) is 0 Å². The number of nitrogens with two attached hydrogens (primary N) is 1. The summed E-state index contributed by atoms with van der Waals surface area (Å²) in [7, 11) is 0. The summed E-state index contributed by atoms with van der Waals surface area (Å²) in [6.45, 7) is 2.29. The van der Waals surface area contributed by atoms with Crippen LogP contribution in [-0.2, 0) is 11.4 Å². The van der Waals surface area contributed by atoms with Crippen molar-refractivity contribution < 1.29 is 4.84 Å². The van der Waals surface area contributed by atoms with Gasteiger partial charge in [-0.05, 0) is 19.8 Å². The first-order valence-corrected chi connectivity index (χ1v) is 4.05. The van der Waals surface area contributed by atoms with Gasteiger partial charge in [-0.25, -0.2) is 5.90 Å². The molecule has 1 aromatic rings. The topological polar surface area (TPSA) is 66.0 Å². The Labute approximate surface area is 70.5 Å². The summed E-state index contributed by atoms with van der Waals surface area (Å²) in [5, 5.41) is 7.95. The van der Waals surface area contributed by atoms with Gasteiger partial charge in [-0.3, -0.25) is 4.84 Å². The molecule has 0 amide bonds. The van der Waals surface area contributed by atoms with Crippen LogP contribution in [0.4, 0.5) is 0 Å². The van der Waals surface area contributed by atoms with Gasteiger partial charge in [0.05, 0.1) is 0 Å². The van der Waals surface area contributed by atoms with Crippen molar-refractivity contribution in [3.8, 4) is 0 Å². The van der Waals surface area contributed by atoms with E-state index in [2.05, 4.69) is 19.6 Å². The van der Waals surface area contributed by atoms with Crippen LogP contribution < -0.4 is 5.90 Å². The Morgan fingerprint density at radius 2 is 2.33 bits per heavy atom. The number of hydrogen-bond donors (Lipinski definition) is 1. The van der Waals surface area contributed by atoms with Crippen LogP contribution in [0, 0.1) is 6.92 Å². The Morgan fingerprint density at radius 1 is 1.58 bits per heavy atom. The molecule has 0 spiro atoms. The lowest BCUT2D eigenvalue weighted by atomic mass is 10.5. The van der Waals surface area contributed by atoms with Crippen molar-refractivity contribution in [1.29, 1.82) is 0 Å². The molecule has 0 aliphatic heterocycles. The predicted octanol–water partition coefficient (Wildman–Crippen LogP) is 0.312. The van der Waals surface area contributed by atoms with Crippen molar-refractivity contribution in [1.82, 2.24) is 14.8 Å². The van der Waals surface area contributed by atoms with E-state index in [0.29, 0.717) is 12.6 Å². The SMILES string of the molecule is Cc1nnc(CON)n1C1CC1. The van der Waals surface area contributed by atoms with E-state index in [-0.39, 0.29) is 0 Å². The van der Waals surface area contributed by atoms with E-state index in [4.69, 9.17) is 5.90 Å². The quantitative estimate of drug-likeness (QED) is 0.660. The minimum atomic E-state index is 0.345. The van der Waals surface area contributed by atoms with E-state index in [1.54, 1.807) is 0 Å². The first-order chi connectivity index (χ1) is 5.83. The van der Waals surface area contributed by atoms with E-state index in [1.807, 2.05) is 6.92 Å². The van der Waals surface area contributed by atoms with Crippen LogP contribution in [0.5, 0.6) is 0 Å². The second-order valence-electron chi connectivity index (χ2n) is 3.08. The maximum atomic E-state index is 4.98. The van der Waals surface area contributed by atoms with Gasteiger partial charge in [0.15, 0.2) is 5.82 Å². The summed E-state index contributed by atoms with van der Waals surface area (Å²) in [5.74, 6) is 6.76. The highest BCUT2D eigenvalue weighted by atomic mass is 16.6. The molecule has 5 nitrogen and oxygen atoms in total. The van der Waals surface area contributed by atoms with Crippen molar-refractivity contribution >= 4 is 0 Å². The fourth-order valence-corrected chi connectivity index (χ4v) is 1.39. The summed E-state index contributed by atoms with van der Waals surface area (Å²) in [4.78, 5) is 4.54. The molecule has 0 bridgehead atoms. The fraction of sp³-hybridized carbons (Fsp3) is 0.714. The third kappa shape index (κ3) is 1.21. The molecule has 0 unspecified atom stereocenters. The van der Waals surface area contributed by atoms with Gasteiger partial charge in [0.25, 0.3) is 0 Å². The molecule has 66 valence electrons. The van der Waals surface area contributed by atoms with Gasteiger partial charge in [0.1, 0.15) is 12.4 Å². The predicted molar refractivity (Wildman–Crippen MR) is 42.0 cm³/mol. The van der Waals surface area contributed by atoms with Gasteiger partial charge in [-0.1, -0.05) is 0 Å². The van der Waals surface area contributed by atoms with Gasteiger partial charge in [-0.15, -0.1) is 10.2 Å². The van der Waals surface area contributed by atoms with Crippen LogP contribution in [-0.4, -0.2) is 14.8 Å². The highest BCUT2D eigenvalue weighted by Gasteiger charge is 2.27. The first-order valence-electron chi connectivity index (χ1n) is 4.05. The fourth-order valence-electron chi connectivity index (χ4n) is 1.39. The molecule has 0 atom stereocenters. The van der Waals surface area contributed by atoms with Crippen LogP contribution >= 0.6 is 0 Å². The smallest absolute Gasteiger partial charge is 0.161 e. The summed E-state index contributed by atoms with van der Waals surface area (Å²) in [6, 6.07) is 0.588. The Morgan fingerprint density at radius 3 is 2.92 bits per heavy atom. The van der Waals surface area contributed by atoms with Crippen LogP contribution in [0.2, 0.25) is 0 Å². The number of rotatable bonds is 3. The Hall–Kier alpha value is -0.940. The number of aromatic nitrogens is 3. The molecule has 0 saturated heterocycles. The second-order valence-corrected chi connectivity index (χ2v) is 3.08. The maximum absolute atomic E-state index is 4.98. The summed E-state index contributed by atoms with van der Waals surface area (Å²) < 4.78 is 2.10. The van der Waals surface area contributed by atoms with Crippen molar-refractivity contribution in [2.24, 2.45) is 5.90 Å². The van der Waals surface area contributed by atoms with Crippen molar-refractivity contribution in [2.45, 2.75) is 32.4 Å². The van der Waals surface area contributed by atoms with Crippen LogP contribution in [0.25, 0.3) is 0 Å². The van der Waals surface area contributed by atoms with E-state index >= 15 is 0 Å². The Kier molecular flexibility index (Phi) is 1.82. The molecular formula is C7H12N4O. The molecule has 1 aliphatic rings. The molecule has 0 aromatic carbocycles. The van der Waals surface area contributed by atoms with E-state index in [1.165, 1.54) is 12.8 Å². The van der Waals surface area contributed by atoms with Crippen LogP contribution in [0.15, 0.2) is 0 Å². The van der Waals surface area contributed by atoms with Crippen LogP contribution in [0.1, 0.15) is 30.5 Å². The second kappa shape index (κ2) is 2.84. The molecule has 0 radical (unpaired) electrons. The van der Waals surface area contributed by atoms with Crippen molar-refractivity contribution in [2.75, 3.05) is 0 Å². The maximum Gasteiger partial charge on any atom is 0.161 e. The average Bonchev–Trinajstić information content (AvgIpc) is 2.80. The standard InChI is InChI=1S/C7H12N4O/c1-5-9-10-7(4-12-8)11(5)6-2-3-6/h6H,2-4,8H2,1H3. The van der Waals surface area contributed by atoms with Gasteiger partial charge in [0.2, 0.25) is 0 Å². The lowest BCUT2D eigenvalue weighted by Gasteiger charge is -2.04. The van der Waals surface area contributed by atoms with Crippen LogP contribution in [0.3, 0.4) is 0 Å². The zero-order valence-electron chi connectivity index (χ0n) is 7.03. The lowest BCUT2D eigenvalue weighted by Crippen LogP contribution is -2.07.